The number of aromatic nitrogens is 2. The van der Waals surface area contributed by atoms with Crippen molar-refractivity contribution in [3.8, 4) is 28.4 Å². The van der Waals surface area contributed by atoms with Crippen LogP contribution in [0.15, 0.2) is 53.9 Å². The number of nitrogens with zero attached hydrogens (tertiary/aromatic N) is 3. The van der Waals surface area contributed by atoms with Gasteiger partial charge in [0.2, 0.25) is 11.8 Å². The molecule has 2 amide bonds. The molecule has 1 N–H and O–H groups in total. The lowest BCUT2D eigenvalue weighted by Gasteiger charge is -2.24. The predicted molar refractivity (Wildman–Crippen MR) is 167 cm³/mol. The number of amides is 2. The fourth-order valence-electron chi connectivity index (χ4n) is 5.08. The molecule has 0 saturated carbocycles. The molecule has 0 aliphatic carbocycles. The van der Waals surface area contributed by atoms with E-state index in [4.69, 9.17) is 19.3 Å². The van der Waals surface area contributed by atoms with Crippen molar-refractivity contribution in [2.45, 2.75) is 19.1 Å². The first-order chi connectivity index (χ1) is 20.4. The highest BCUT2D eigenvalue weighted by atomic mass is 32.2. The van der Waals surface area contributed by atoms with Crippen molar-refractivity contribution < 1.29 is 23.8 Å². The number of ether oxygens (including phenoxy) is 3. The summed E-state index contributed by atoms with van der Waals surface area (Å²) >= 11 is 3.15. The second-order valence-corrected chi connectivity index (χ2v) is 11.9. The molecular formula is C31H34N4O5S2. The number of hydrogen-bond donors (Lipinski definition) is 1. The van der Waals surface area contributed by atoms with E-state index in [9.17, 15) is 9.59 Å². The van der Waals surface area contributed by atoms with Gasteiger partial charge in [-0.15, -0.1) is 23.1 Å². The van der Waals surface area contributed by atoms with E-state index in [-0.39, 0.29) is 29.4 Å². The van der Waals surface area contributed by atoms with Gasteiger partial charge < -0.3 is 19.5 Å². The summed E-state index contributed by atoms with van der Waals surface area (Å²) < 4.78 is 18.6. The standard InChI is InChI=1S/C31H34N4O5S2/c1-19-9-6-10-21(20(19)2)35-31-28(29(33-35)27-22(39-4)11-7-12-23(27)40-5)30(24-13-8-16-41-24)42-18-26(37)34(31)17-25(36)32-14-15-38-3/h6-13,16,30H,14-15,17-18H2,1-5H3,(H,32,36)/t30-/m1/s1. The Hall–Kier alpha value is -3.80. The minimum atomic E-state index is -0.281. The quantitative estimate of drug-likeness (QED) is 0.249. The van der Waals surface area contributed by atoms with Crippen LogP contribution < -0.4 is 19.7 Å². The van der Waals surface area contributed by atoms with Gasteiger partial charge in [0, 0.05) is 24.1 Å². The minimum Gasteiger partial charge on any atom is -0.496 e. The molecule has 0 spiro atoms. The highest BCUT2D eigenvalue weighted by Gasteiger charge is 2.39. The molecule has 4 aromatic rings. The Balaban J connectivity index is 1.84. The van der Waals surface area contributed by atoms with Crippen molar-refractivity contribution >= 4 is 40.7 Å². The van der Waals surface area contributed by atoms with Crippen molar-refractivity contribution in [1.29, 1.82) is 0 Å². The summed E-state index contributed by atoms with van der Waals surface area (Å²) in [6.45, 7) is 4.64. The van der Waals surface area contributed by atoms with E-state index in [1.54, 1.807) is 37.6 Å². The molecule has 0 radical (unpaired) electrons. The molecule has 5 rings (SSSR count). The van der Waals surface area contributed by atoms with Gasteiger partial charge in [-0.2, -0.15) is 5.10 Å². The van der Waals surface area contributed by atoms with Gasteiger partial charge in [0.1, 0.15) is 29.6 Å². The Labute approximate surface area is 253 Å². The van der Waals surface area contributed by atoms with E-state index >= 15 is 0 Å². The summed E-state index contributed by atoms with van der Waals surface area (Å²) in [5.41, 5.74) is 5.06. The average molecular weight is 607 g/mol. The minimum absolute atomic E-state index is 0.160. The number of thioether (sulfide) groups is 1. The maximum absolute atomic E-state index is 13.9. The van der Waals surface area contributed by atoms with E-state index in [1.165, 1.54) is 11.8 Å². The second-order valence-electron chi connectivity index (χ2n) is 9.78. The molecule has 9 nitrogen and oxygen atoms in total. The van der Waals surface area contributed by atoms with E-state index in [1.807, 2.05) is 66.4 Å². The van der Waals surface area contributed by atoms with Gasteiger partial charge >= 0.3 is 0 Å². The van der Waals surface area contributed by atoms with Gasteiger partial charge in [-0.3, -0.25) is 14.5 Å². The fraction of sp³-hybridized carbons (Fsp3) is 0.323. The van der Waals surface area contributed by atoms with E-state index in [0.717, 1.165) is 27.3 Å². The first-order valence-corrected chi connectivity index (χ1v) is 15.4. The molecule has 1 aliphatic rings. The van der Waals surface area contributed by atoms with E-state index in [2.05, 4.69) is 11.4 Å². The number of thiophene rings is 1. The monoisotopic (exact) mass is 606 g/mol. The Kier molecular flexibility index (Phi) is 9.20. The molecule has 3 heterocycles. The molecule has 0 fully saturated rings. The summed E-state index contributed by atoms with van der Waals surface area (Å²) in [5.74, 6) is 1.48. The summed E-state index contributed by atoms with van der Waals surface area (Å²) in [7, 11) is 4.81. The van der Waals surface area contributed by atoms with E-state index < -0.39 is 0 Å². The van der Waals surface area contributed by atoms with Gasteiger partial charge in [0.05, 0.1) is 43.1 Å². The smallest absolute Gasteiger partial charge is 0.240 e. The zero-order valence-corrected chi connectivity index (χ0v) is 25.9. The second kappa shape index (κ2) is 13.0. The molecule has 220 valence electrons. The first kappa shape index (κ1) is 29.7. The molecule has 42 heavy (non-hydrogen) atoms. The van der Waals surface area contributed by atoms with Crippen molar-refractivity contribution in [1.82, 2.24) is 15.1 Å². The number of methoxy groups -OCH3 is 3. The maximum Gasteiger partial charge on any atom is 0.240 e. The molecule has 1 atom stereocenters. The molecule has 1 aliphatic heterocycles. The summed E-state index contributed by atoms with van der Waals surface area (Å²) in [6.07, 6.45) is 0. The summed E-state index contributed by atoms with van der Waals surface area (Å²) in [5, 5.41) is 9.89. The van der Waals surface area contributed by atoms with Crippen LogP contribution in [0, 0.1) is 13.8 Å². The SMILES string of the molecule is COCCNC(=O)CN1C(=O)CS[C@H](c2cccs2)c2c(-c3c(OC)cccc3OC)nn(-c3cccc(C)c3C)c21. The Morgan fingerprint density at radius 1 is 1.05 bits per heavy atom. The molecule has 0 bridgehead atoms. The molecule has 11 heteroatoms. The largest absolute Gasteiger partial charge is 0.496 e. The van der Waals surface area contributed by atoms with Gasteiger partial charge in [0.25, 0.3) is 0 Å². The third kappa shape index (κ3) is 5.64. The zero-order chi connectivity index (χ0) is 29.8. The van der Waals surface area contributed by atoms with Crippen LogP contribution in [-0.2, 0) is 14.3 Å². The third-order valence-corrected chi connectivity index (χ3v) is 9.61. The number of carbonyl (C=O) groups excluding carboxylic acids is 2. The van der Waals surface area contributed by atoms with E-state index in [0.29, 0.717) is 41.7 Å². The summed E-state index contributed by atoms with van der Waals surface area (Å²) in [6, 6.07) is 15.7. The predicted octanol–water partition coefficient (Wildman–Crippen LogP) is 5.17. The van der Waals surface area contributed by atoms with Crippen molar-refractivity contribution in [2.75, 3.05) is 51.7 Å². The lowest BCUT2D eigenvalue weighted by molar-refractivity contribution is -0.123. The van der Waals surface area contributed by atoms with Crippen LogP contribution in [0.2, 0.25) is 0 Å². The fourth-order valence-corrected chi connectivity index (χ4v) is 7.25. The number of aryl methyl sites for hydroxylation is 1. The number of rotatable bonds is 10. The van der Waals surface area contributed by atoms with Crippen LogP contribution in [0.4, 0.5) is 5.82 Å². The highest BCUT2D eigenvalue weighted by molar-refractivity contribution is 8.00. The van der Waals surface area contributed by atoms with Gasteiger partial charge in [-0.1, -0.05) is 24.3 Å². The number of benzene rings is 2. The van der Waals surface area contributed by atoms with Crippen LogP contribution in [0.5, 0.6) is 11.5 Å². The number of carbonyl (C=O) groups is 2. The van der Waals surface area contributed by atoms with Gasteiger partial charge in [-0.05, 0) is 54.6 Å². The van der Waals surface area contributed by atoms with Crippen molar-refractivity contribution in [3.63, 3.8) is 0 Å². The lowest BCUT2D eigenvalue weighted by Crippen LogP contribution is -2.43. The Morgan fingerprint density at radius 3 is 2.45 bits per heavy atom. The topological polar surface area (TPSA) is 94.9 Å². The van der Waals surface area contributed by atoms with Crippen LogP contribution >= 0.6 is 23.1 Å². The number of anilines is 1. The number of nitrogens with one attached hydrogen (secondary N) is 1. The zero-order valence-electron chi connectivity index (χ0n) is 24.3. The van der Waals surface area contributed by atoms with Crippen molar-refractivity contribution in [2.24, 2.45) is 0 Å². The first-order valence-electron chi connectivity index (χ1n) is 13.5. The Bertz CT molecular complexity index is 1560. The molecule has 0 saturated heterocycles. The van der Waals surface area contributed by atoms with Crippen LogP contribution in [0.25, 0.3) is 16.9 Å². The maximum atomic E-state index is 13.9. The van der Waals surface area contributed by atoms with Gasteiger partial charge in [-0.25, -0.2) is 4.68 Å². The van der Waals surface area contributed by atoms with Crippen LogP contribution in [0.3, 0.4) is 0 Å². The highest BCUT2D eigenvalue weighted by Crippen LogP contribution is 2.52. The Morgan fingerprint density at radius 2 is 1.79 bits per heavy atom. The average Bonchev–Trinajstić information content (AvgIpc) is 3.63. The van der Waals surface area contributed by atoms with Gasteiger partial charge in [0.15, 0.2) is 0 Å². The summed E-state index contributed by atoms with van der Waals surface area (Å²) in [4.78, 5) is 29.7. The lowest BCUT2D eigenvalue weighted by atomic mass is 10.0. The van der Waals surface area contributed by atoms with Crippen molar-refractivity contribution in [3.05, 3.63) is 75.5 Å². The third-order valence-electron chi connectivity index (χ3n) is 7.29. The molecule has 2 aromatic carbocycles. The molecular weight excluding hydrogens is 572 g/mol. The number of hydrogen-bond acceptors (Lipinski definition) is 8. The molecule has 0 unspecified atom stereocenters. The normalized spacial score (nSPS) is 14.8. The molecule has 2 aromatic heterocycles. The van der Waals surface area contributed by atoms with Crippen LogP contribution in [-0.4, -0.2) is 68.4 Å². The van der Waals surface area contributed by atoms with Crippen LogP contribution in [0.1, 0.15) is 26.8 Å². The number of fused-ring (bicyclic) bond motifs is 1.